The molecule has 0 N–H and O–H groups in total. The van der Waals surface area contributed by atoms with Gasteiger partial charge in [-0.1, -0.05) is 37.5 Å². The van der Waals surface area contributed by atoms with E-state index >= 15 is 0 Å². The Hall–Kier alpha value is -1.42. The first-order chi connectivity index (χ1) is 9.96. The zero-order valence-corrected chi connectivity index (χ0v) is 14.2. The molecule has 0 heterocycles. The molecule has 0 saturated heterocycles. The minimum atomic E-state index is -1.79. The van der Waals surface area contributed by atoms with Gasteiger partial charge in [0.05, 0.1) is 5.56 Å². The normalized spacial score (nSPS) is 17.6. The fourth-order valence-electron chi connectivity index (χ4n) is 2.55. The minimum Gasteiger partial charge on any atom is -0.411 e. The van der Waals surface area contributed by atoms with Crippen LogP contribution in [0.5, 0.6) is 0 Å². The van der Waals surface area contributed by atoms with Crippen LogP contribution in [0, 0.1) is 5.92 Å². The summed E-state index contributed by atoms with van der Waals surface area (Å²) in [6.07, 6.45) is 5.76. The van der Waals surface area contributed by atoms with Crippen molar-refractivity contribution in [3.8, 4) is 0 Å². The first-order valence-corrected chi connectivity index (χ1v) is 11.2. The lowest BCUT2D eigenvalue weighted by molar-refractivity contribution is -0.323. The van der Waals surface area contributed by atoms with Gasteiger partial charge in [0.15, 0.2) is 0 Å². The molecule has 0 bridgehead atoms. The van der Waals surface area contributed by atoms with Crippen molar-refractivity contribution in [3.63, 3.8) is 0 Å². The molecule has 1 fully saturated rings. The molecule has 1 aromatic carbocycles. The molecule has 1 aliphatic carbocycles. The molecule has 1 aromatic rings. The molecule has 0 atom stereocenters. The minimum absolute atomic E-state index is 0.262. The second-order valence-electron chi connectivity index (χ2n) is 6.62. The highest BCUT2D eigenvalue weighted by molar-refractivity contribution is 6.67. The molecular formula is C17H25O3Si+. The summed E-state index contributed by atoms with van der Waals surface area (Å²) in [6.45, 7) is 6.35. The van der Waals surface area contributed by atoms with Crippen LogP contribution < -0.4 is 0 Å². The standard InChI is InChI=1S/C17H25O3Si/c1-21(2,3)20-17(15-12-8-5-9-13-15)19-16(18)14-10-6-4-7-11-14/h4,6-7,10-11,15H,5,8-9,12-13H2,1-3H3/q+1. The zero-order chi connectivity index (χ0) is 15.3. The Morgan fingerprint density at radius 2 is 1.71 bits per heavy atom. The van der Waals surface area contributed by atoms with Crippen LogP contribution in [0.1, 0.15) is 42.5 Å². The van der Waals surface area contributed by atoms with Gasteiger partial charge in [-0.05, 0) is 44.6 Å². The average molecular weight is 305 g/mol. The Bertz CT molecular complexity index is 497. The first kappa shape index (κ1) is 16.0. The fourth-order valence-corrected chi connectivity index (χ4v) is 3.36. The molecule has 1 aliphatic rings. The maximum atomic E-state index is 12.3. The summed E-state index contributed by atoms with van der Waals surface area (Å²) in [6, 6.07) is 9.12. The zero-order valence-electron chi connectivity index (χ0n) is 13.2. The van der Waals surface area contributed by atoms with Crippen LogP contribution in [0.3, 0.4) is 0 Å². The Morgan fingerprint density at radius 1 is 1.10 bits per heavy atom. The molecule has 1 saturated carbocycles. The maximum absolute atomic E-state index is 12.3. The lowest BCUT2D eigenvalue weighted by atomic mass is 9.89. The van der Waals surface area contributed by atoms with Gasteiger partial charge in [-0.3, -0.25) is 0 Å². The predicted octanol–water partition coefficient (Wildman–Crippen LogP) is 4.32. The van der Waals surface area contributed by atoms with Gasteiger partial charge in [-0.25, -0.2) is 9.53 Å². The summed E-state index contributed by atoms with van der Waals surface area (Å²) >= 11 is 0. The number of ether oxygens (including phenoxy) is 1. The lowest BCUT2D eigenvalue weighted by Gasteiger charge is -2.17. The van der Waals surface area contributed by atoms with Crippen LogP contribution in [0.25, 0.3) is 0 Å². The number of carbonyl (C=O) groups is 1. The number of esters is 2. The maximum Gasteiger partial charge on any atom is 0.475 e. The van der Waals surface area contributed by atoms with E-state index in [0.29, 0.717) is 11.5 Å². The summed E-state index contributed by atoms with van der Waals surface area (Å²) in [5.41, 5.74) is 0.574. The van der Waals surface area contributed by atoms with Crippen molar-refractivity contribution in [2.45, 2.75) is 51.7 Å². The second kappa shape index (κ2) is 7.03. The second-order valence-corrected chi connectivity index (χ2v) is 11.1. The molecule has 0 amide bonds. The highest BCUT2D eigenvalue weighted by atomic mass is 28.4. The van der Waals surface area contributed by atoms with Crippen molar-refractivity contribution in [2.24, 2.45) is 5.92 Å². The van der Waals surface area contributed by atoms with E-state index < -0.39 is 8.32 Å². The van der Waals surface area contributed by atoms with E-state index in [9.17, 15) is 4.79 Å². The number of benzene rings is 1. The number of hydrogen-bond acceptors (Lipinski definition) is 2. The van der Waals surface area contributed by atoms with E-state index in [2.05, 4.69) is 19.6 Å². The molecule has 114 valence electrons. The van der Waals surface area contributed by atoms with Crippen LogP contribution in [0.4, 0.5) is 0 Å². The van der Waals surface area contributed by atoms with E-state index in [1.165, 1.54) is 19.3 Å². The van der Waals surface area contributed by atoms with E-state index in [0.717, 1.165) is 12.8 Å². The van der Waals surface area contributed by atoms with Crippen LogP contribution in [0.2, 0.25) is 19.6 Å². The lowest BCUT2D eigenvalue weighted by Crippen LogP contribution is -2.32. The SMILES string of the molecule is C[Si](C)(C)[O+]=C(OC(=O)c1ccccc1)C1CCCCC1. The predicted molar refractivity (Wildman–Crippen MR) is 86.8 cm³/mol. The summed E-state index contributed by atoms with van der Waals surface area (Å²) in [7, 11) is -1.79. The molecule has 0 radical (unpaired) electrons. The van der Waals surface area contributed by atoms with Gasteiger partial charge >= 0.3 is 20.3 Å². The van der Waals surface area contributed by atoms with Crippen molar-refractivity contribution in [2.75, 3.05) is 0 Å². The van der Waals surface area contributed by atoms with Crippen molar-refractivity contribution in [1.82, 2.24) is 0 Å². The van der Waals surface area contributed by atoms with Crippen LogP contribution in [0.15, 0.2) is 30.3 Å². The van der Waals surface area contributed by atoms with Crippen molar-refractivity contribution >= 4 is 20.3 Å². The third kappa shape index (κ3) is 5.12. The monoisotopic (exact) mass is 305 g/mol. The van der Waals surface area contributed by atoms with Gasteiger partial charge in [0.1, 0.15) is 5.92 Å². The van der Waals surface area contributed by atoms with E-state index in [-0.39, 0.29) is 11.9 Å². The topological polar surface area (TPSA) is 37.6 Å². The van der Waals surface area contributed by atoms with E-state index in [4.69, 9.17) is 8.85 Å². The van der Waals surface area contributed by atoms with E-state index in [1.807, 2.05) is 18.2 Å². The van der Waals surface area contributed by atoms with Gasteiger partial charge in [0.25, 0.3) is 0 Å². The third-order valence-corrected chi connectivity index (χ3v) is 4.36. The third-order valence-electron chi connectivity index (χ3n) is 3.55. The quantitative estimate of drug-likeness (QED) is 0.361. The summed E-state index contributed by atoms with van der Waals surface area (Å²) in [4.78, 5) is 12.3. The first-order valence-electron chi connectivity index (χ1n) is 7.79. The molecule has 0 spiro atoms. The number of hydrogen-bond donors (Lipinski definition) is 0. The van der Waals surface area contributed by atoms with E-state index in [1.54, 1.807) is 12.1 Å². The molecule has 2 rings (SSSR count). The molecule has 21 heavy (non-hydrogen) atoms. The summed E-state index contributed by atoms with van der Waals surface area (Å²) in [5.74, 6) is 0.510. The highest BCUT2D eigenvalue weighted by Gasteiger charge is 2.37. The van der Waals surface area contributed by atoms with Gasteiger partial charge in [0, 0.05) is 0 Å². The van der Waals surface area contributed by atoms with Gasteiger partial charge in [-0.15, -0.1) is 0 Å². The molecule has 0 unspecified atom stereocenters. The Labute approximate surface area is 128 Å². The van der Waals surface area contributed by atoms with Crippen LogP contribution >= 0.6 is 0 Å². The van der Waals surface area contributed by atoms with Crippen molar-refractivity contribution in [3.05, 3.63) is 35.9 Å². The van der Waals surface area contributed by atoms with Crippen molar-refractivity contribution in [1.29, 1.82) is 0 Å². The largest absolute Gasteiger partial charge is 0.475 e. The summed E-state index contributed by atoms with van der Waals surface area (Å²) in [5, 5.41) is 0. The van der Waals surface area contributed by atoms with Crippen LogP contribution in [-0.4, -0.2) is 20.3 Å². The van der Waals surface area contributed by atoms with Gasteiger partial charge in [0.2, 0.25) is 0 Å². The Morgan fingerprint density at radius 3 is 2.29 bits per heavy atom. The average Bonchev–Trinajstić information content (AvgIpc) is 2.47. The molecule has 4 heteroatoms. The molecular weight excluding hydrogens is 280 g/mol. The number of rotatable bonds is 3. The molecule has 3 nitrogen and oxygen atoms in total. The Kier molecular flexibility index (Phi) is 5.34. The molecule has 0 aromatic heterocycles. The molecule has 0 aliphatic heterocycles. The smallest absolute Gasteiger partial charge is 0.411 e. The van der Waals surface area contributed by atoms with Gasteiger partial charge < -0.3 is 4.11 Å². The fraction of sp³-hybridized carbons (Fsp3) is 0.529. The highest BCUT2D eigenvalue weighted by Crippen LogP contribution is 2.26. The van der Waals surface area contributed by atoms with Crippen LogP contribution in [-0.2, 0) is 8.85 Å². The van der Waals surface area contributed by atoms with Crippen molar-refractivity contribution < 1.29 is 13.6 Å². The Balaban J connectivity index is 2.16. The number of carbonyl (C=O) groups excluding carboxylic acids is 2. The summed E-state index contributed by atoms with van der Waals surface area (Å²) < 4.78 is 11.7. The van der Waals surface area contributed by atoms with Gasteiger partial charge in [-0.2, -0.15) is 0 Å².